The van der Waals surface area contributed by atoms with E-state index in [0.29, 0.717) is 11.6 Å². The quantitative estimate of drug-likeness (QED) is 0.794. The monoisotopic (exact) mass is 346 g/mol. The van der Waals surface area contributed by atoms with Gasteiger partial charge in [0.05, 0.1) is 10.2 Å². The van der Waals surface area contributed by atoms with Crippen molar-refractivity contribution >= 4 is 25.8 Å². The van der Waals surface area contributed by atoms with E-state index in [9.17, 15) is 17.2 Å². The minimum Gasteiger partial charge on any atom is -0.223 e. The van der Waals surface area contributed by atoms with Gasteiger partial charge in [0, 0.05) is 0 Å². The fraction of sp³-hybridized carbons (Fsp3) is 0.0769. The molecule has 0 aromatic heterocycles. The maximum atomic E-state index is 13.7. The first-order valence-electron chi connectivity index (χ1n) is 5.31. The van der Waals surface area contributed by atoms with Crippen molar-refractivity contribution in [2.45, 2.75) is 10.6 Å². The summed E-state index contributed by atoms with van der Waals surface area (Å²) in [5.41, 5.74) is 0.519. The molecule has 0 unspecified atom stereocenters. The highest BCUT2D eigenvalue weighted by atomic mass is 79.9. The number of sulfone groups is 1. The fourth-order valence-electron chi connectivity index (χ4n) is 1.61. The van der Waals surface area contributed by atoms with Gasteiger partial charge in [-0.2, -0.15) is 0 Å². The third-order valence-corrected chi connectivity index (χ3v) is 4.81. The maximum absolute atomic E-state index is 13.7. The first-order chi connectivity index (χ1) is 8.90. The predicted molar refractivity (Wildman–Crippen MR) is 71.4 cm³/mol. The lowest BCUT2D eigenvalue weighted by molar-refractivity contribution is 0.550. The van der Waals surface area contributed by atoms with Crippen LogP contribution in [0.15, 0.2) is 51.8 Å². The summed E-state index contributed by atoms with van der Waals surface area (Å²) in [4.78, 5) is -0.628. The molecule has 2 aromatic carbocycles. The van der Waals surface area contributed by atoms with Crippen LogP contribution >= 0.6 is 15.9 Å². The Morgan fingerprint density at radius 1 is 1.00 bits per heavy atom. The number of hydrogen-bond donors (Lipinski definition) is 0. The zero-order chi connectivity index (χ0) is 14.0. The summed E-state index contributed by atoms with van der Waals surface area (Å²) in [6.45, 7) is 0. The van der Waals surface area contributed by atoms with Crippen LogP contribution in [0.5, 0.6) is 0 Å². The van der Waals surface area contributed by atoms with Crippen LogP contribution in [0.1, 0.15) is 5.56 Å². The van der Waals surface area contributed by atoms with E-state index in [4.69, 9.17) is 0 Å². The highest BCUT2D eigenvalue weighted by Crippen LogP contribution is 2.25. The highest BCUT2D eigenvalue weighted by molar-refractivity contribution is 9.10. The van der Waals surface area contributed by atoms with Crippen molar-refractivity contribution in [3.8, 4) is 0 Å². The first kappa shape index (κ1) is 14.1. The summed E-state index contributed by atoms with van der Waals surface area (Å²) in [6.07, 6.45) is 0. The Morgan fingerprint density at radius 2 is 1.63 bits per heavy atom. The average Bonchev–Trinajstić information content (AvgIpc) is 2.34. The summed E-state index contributed by atoms with van der Waals surface area (Å²) >= 11 is 2.80. The SMILES string of the molecule is O=S(=O)(Cc1ccccc1)c1cc(F)c(Br)cc1F. The van der Waals surface area contributed by atoms with E-state index in [2.05, 4.69) is 15.9 Å². The van der Waals surface area contributed by atoms with E-state index in [1.165, 1.54) is 0 Å². The second-order valence-corrected chi connectivity index (χ2v) is 6.75. The van der Waals surface area contributed by atoms with Crippen molar-refractivity contribution in [3.63, 3.8) is 0 Å². The Kier molecular flexibility index (Phi) is 4.01. The van der Waals surface area contributed by atoms with Crippen LogP contribution < -0.4 is 0 Å². The Labute approximate surface area is 118 Å². The van der Waals surface area contributed by atoms with Gasteiger partial charge in [0.2, 0.25) is 0 Å². The molecule has 2 nitrogen and oxygen atoms in total. The molecule has 0 amide bonds. The molecule has 6 heteroatoms. The minimum atomic E-state index is -3.92. The smallest absolute Gasteiger partial charge is 0.185 e. The number of hydrogen-bond acceptors (Lipinski definition) is 2. The van der Waals surface area contributed by atoms with E-state index in [-0.39, 0.29) is 10.2 Å². The second kappa shape index (κ2) is 5.38. The molecule has 0 heterocycles. The van der Waals surface area contributed by atoms with Gasteiger partial charge in [-0.05, 0) is 33.6 Å². The van der Waals surface area contributed by atoms with E-state index < -0.39 is 26.4 Å². The molecule has 0 saturated carbocycles. The van der Waals surface area contributed by atoms with Crippen molar-refractivity contribution in [2.24, 2.45) is 0 Å². The maximum Gasteiger partial charge on any atom is 0.185 e. The summed E-state index contributed by atoms with van der Waals surface area (Å²) in [5, 5.41) is 0. The van der Waals surface area contributed by atoms with E-state index in [1.807, 2.05) is 0 Å². The van der Waals surface area contributed by atoms with E-state index in [0.717, 1.165) is 6.07 Å². The van der Waals surface area contributed by atoms with Crippen molar-refractivity contribution in [1.82, 2.24) is 0 Å². The molecule has 0 fully saturated rings. The number of benzene rings is 2. The molecule has 0 radical (unpaired) electrons. The minimum absolute atomic E-state index is 0.108. The van der Waals surface area contributed by atoms with Crippen LogP contribution in [0.3, 0.4) is 0 Å². The van der Waals surface area contributed by atoms with Crippen molar-refractivity contribution < 1.29 is 17.2 Å². The molecular weight excluding hydrogens is 338 g/mol. The molecule has 2 rings (SSSR count). The molecule has 100 valence electrons. The molecule has 0 aliphatic carbocycles. The standard InChI is InChI=1S/C13H9BrF2O2S/c14-10-6-12(16)13(7-11(10)15)19(17,18)8-9-4-2-1-3-5-9/h1-7H,8H2. The number of rotatable bonds is 3. The molecule has 0 bridgehead atoms. The Morgan fingerprint density at radius 3 is 2.26 bits per heavy atom. The van der Waals surface area contributed by atoms with Crippen molar-refractivity contribution in [2.75, 3.05) is 0 Å². The third kappa shape index (κ3) is 3.19. The topological polar surface area (TPSA) is 34.1 Å². The van der Waals surface area contributed by atoms with E-state index >= 15 is 0 Å². The van der Waals surface area contributed by atoms with Gasteiger partial charge in [-0.25, -0.2) is 17.2 Å². The Bertz CT molecular complexity index is 700. The average molecular weight is 347 g/mol. The van der Waals surface area contributed by atoms with Crippen LogP contribution in [0, 0.1) is 11.6 Å². The molecule has 19 heavy (non-hydrogen) atoms. The second-order valence-electron chi connectivity index (χ2n) is 3.94. The van der Waals surface area contributed by atoms with Gasteiger partial charge in [0.25, 0.3) is 0 Å². The lowest BCUT2D eigenvalue weighted by Gasteiger charge is -2.07. The van der Waals surface area contributed by atoms with Gasteiger partial charge in [-0.1, -0.05) is 30.3 Å². The van der Waals surface area contributed by atoms with Gasteiger partial charge in [-0.15, -0.1) is 0 Å². The highest BCUT2D eigenvalue weighted by Gasteiger charge is 2.22. The molecule has 0 atom stereocenters. The first-order valence-corrected chi connectivity index (χ1v) is 7.76. The third-order valence-electron chi connectivity index (χ3n) is 2.51. The zero-order valence-electron chi connectivity index (χ0n) is 9.61. The van der Waals surface area contributed by atoms with Crippen molar-refractivity contribution in [3.05, 3.63) is 64.1 Å². The van der Waals surface area contributed by atoms with Gasteiger partial charge >= 0.3 is 0 Å². The Hall–Kier alpha value is -1.27. The number of halogens is 3. The molecule has 0 spiro atoms. The van der Waals surface area contributed by atoms with Crippen molar-refractivity contribution in [1.29, 1.82) is 0 Å². The predicted octanol–water partition coefficient (Wildman–Crippen LogP) is 3.70. The largest absolute Gasteiger partial charge is 0.223 e. The fourth-order valence-corrected chi connectivity index (χ4v) is 3.36. The molecule has 0 saturated heterocycles. The van der Waals surface area contributed by atoms with Crippen LogP contribution in [0.4, 0.5) is 8.78 Å². The summed E-state index contributed by atoms with van der Waals surface area (Å²) < 4.78 is 51.0. The lowest BCUT2D eigenvalue weighted by Crippen LogP contribution is -2.08. The lowest BCUT2D eigenvalue weighted by atomic mass is 10.2. The zero-order valence-corrected chi connectivity index (χ0v) is 12.0. The van der Waals surface area contributed by atoms with Crippen LogP contribution in [-0.4, -0.2) is 8.42 Å². The van der Waals surface area contributed by atoms with Gasteiger partial charge in [-0.3, -0.25) is 0 Å². The normalized spacial score (nSPS) is 11.5. The molecule has 0 N–H and O–H groups in total. The van der Waals surface area contributed by atoms with E-state index in [1.54, 1.807) is 30.3 Å². The van der Waals surface area contributed by atoms with Crippen LogP contribution in [-0.2, 0) is 15.6 Å². The molecule has 0 aliphatic heterocycles. The van der Waals surface area contributed by atoms with Crippen LogP contribution in [0.25, 0.3) is 0 Å². The molecule has 0 aliphatic rings. The van der Waals surface area contributed by atoms with Gasteiger partial charge in [0.15, 0.2) is 9.84 Å². The molecule has 2 aromatic rings. The Balaban J connectivity index is 2.43. The van der Waals surface area contributed by atoms with Gasteiger partial charge in [0.1, 0.15) is 16.5 Å². The summed E-state index contributed by atoms with van der Waals surface area (Å²) in [5.74, 6) is -2.15. The summed E-state index contributed by atoms with van der Waals surface area (Å²) in [7, 11) is -3.92. The molecular formula is C13H9BrF2O2S. The van der Waals surface area contributed by atoms with Crippen LogP contribution in [0.2, 0.25) is 0 Å². The van der Waals surface area contributed by atoms with Gasteiger partial charge < -0.3 is 0 Å². The summed E-state index contributed by atoms with van der Waals surface area (Å²) in [6, 6.07) is 9.85.